The van der Waals surface area contributed by atoms with Crippen molar-refractivity contribution < 1.29 is 9.47 Å². The van der Waals surface area contributed by atoms with Crippen molar-refractivity contribution in [1.82, 2.24) is 5.32 Å². The second kappa shape index (κ2) is 10.9. The SMILES string of the molecule is CCSCCOc1c(Br)cc(CNCCOC)cc1Br. The maximum absolute atomic E-state index is 5.81. The molecule has 1 N–H and O–H groups in total. The van der Waals surface area contributed by atoms with Gasteiger partial charge in [-0.1, -0.05) is 6.92 Å². The third-order valence-corrected chi connectivity index (χ3v) is 4.59. The quantitative estimate of drug-likeness (QED) is 0.571. The Balaban J connectivity index is 2.52. The van der Waals surface area contributed by atoms with Crippen molar-refractivity contribution in [2.24, 2.45) is 0 Å². The van der Waals surface area contributed by atoms with Crippen LogP contribution in [-0.2, 0) is 11.3 Å². The van der Waals surface area contributed by atoms with Crippen LogP contribution in [0.5, 0.6) is 5.75 Å². The summed E-state index contributed by atoms with van der Waals surface area (Å²) in [6.45, 7) is 5.26. The first-order chi connectivity index (χ1) is 9.69. The summed E-state index contributed by atoms with van der Waals surface area (Å²) in [5.41, 5.74) is 1.20. The maximum Gasteiger partial charge on any atom is 0.147 e. The van der Waals surface area contributed by atoms with Gasteiger partial charge in [0.2, 0.25) is 0 Å². The number of thioether (sulfide) groups is 1. The van der Waals surface area contributed by atoms with E-state index >= 15 is 0 Å². The summed E-state index contributed by atoms with van der Waals surface area (Å²) in [6, 6.07) is 4.18. The molecule has 1 aromatic rings. The zero-order valence-corrected chi connectivity index (χ0v) is 15.9. The smallest absolute Gasteiger partial charge is 0.147 e. The molecule has 0 unspecified atom stereocenters. The molecule has 0 atom stereocenters. The Bertz CT molecular complexity index is 382. The van der Waals surface area contributed by atoms with E-state index in [9.17, 15) is 0 Å². The van der Waals surface area contributed by atoms with Crippen LogP contribution in [0.2, 0.25) is 0 Å². The van der Waals surface area contributed by atoms with Crippen molar-refractivity contribution >= 4 is 43.6 Å². The molecule has 0 radical (unpaired) electrons. The summed E-state index contributed by atoms with van der Waals surface area (Å²) in [5, 5.41) is 3.33. The highest BCUT2D eigenvalue weighted by Gasteiger charge is 2.09. The molecule has 0 saturated heterocycles. The zero-order chi connectivity index (χ0) is 14.8. The second-order valence-corrected chi connectivity index (χ2v) is 7.21. The minimum atomic E-state index is 0.721. The lowest BCUT2D eigenvalue weighted by atomic mass is 10.2. The Morgan fingerprint density at radius 3 is 2.50 bits per heavy atom. The van der Waals surface area contributed by atoms with Crippen molar-refractivity contribution in [2.75, 3.05) is 38.4 Å². The summed E-state index contributed by atoms with van der Waals surface area (Å²) in [5.74, 6) is 3.01. The molecule has 20 heavy (non-hydrogen) atoms. The fourth-order valence-electron chi connectivity index (χ4n) is 1.61. The second-order valence-electron chi connectivity index (χ2n) is 4.10. The summed E-state index contributed by atoms with van der Waals surface area (Å²) in [4.78, 5) is 0. The molecule has 0 saturated carbocycles. The molecule has 0 heterocycles. The van der Waals surface area contributed by atoms with E-state index in [-0.39, 0.29) is 0 Å². The summed E-state index contributed by atoms with van der Waals surface area (Å²) >= 11 is 9.03. The number of benzene rings is 1. The maximum atomic E-state index is 5.81. The third kappa shape index (κ3) is 6.80. The van der Waals surface area contributed by atoms with Gasteiger partial charge in [0.1, 0.15) is 5.75 Å². The molecule has 6 heteroatoms. The van der Waals surface area contributed by atoms with Crippen LogP contribution in [0.25, 0.3) is 0 Å². The van der Waals surface area contributed by atoms with Crippen molar-refractivity contribution in [3.63, 3.8) is 0 Å². The largest absolute Gasteiger partial charge is 0.490 e. The molecule has 1 rings (SSSR count). The van der Waals surface area contributed by atoms with E-state index in [1.165, 1.54) is 5.56 Å². The molecule has 0 aromatic heterocycles. The number of ether oxygens (including phenoxy) is 2. The standard InChI is InChI=1S/C14H21Br2NO2S/c1-3-20-7-6-19-14-12(15)8-11(9-13(14)16)10-17-4-5-18-2/h8-9,17H,3-7,10H2,1-2H3. The Morgan fingerprint density at radius 2 is 1.90 bits per heavy atom. The Hall–Kier alpha value is 0.250. The van der Waals surface area contributed by atoms with E-state index in [1.54, 1.807) is 7.11 Å². The van der Waals surface area contributed by atoms with Gasteiger partial charge in [0, 0.05) is 26.0 Å². The molecule has 0 aliphatic carbocycles. The number of rotatable bonds is 10. The summed E-state index contributed by atoms with van der Waals surface area (Å²) in [6.07, 6.45) is 0. The van der Waals surface area contributed by atoms with Gasteiger partial charge in [-0.2, -0.15) is 11.8 Å². The van der Waals surface area contributed by atoms with Gasteiger partial charge in [0.25, 0.3) is 0 Å². The summed E-state index contributed by atoms with van der Waals surface area (Å²) in [7, 11) is 1.71. The van der Waals surface area contributed by atoms with E-state index in [0.717, 1.165) is 52.5 Å². The van der Waals surface area contributed by atoms with Gasteiger partial charge in [0.05, 0.1) is 22.2 Å². The van der Waals surface area contributed by atoms with Gasteiger partial charge < -0.3 is 14.8 Å². The van der Waals surface area contributed by atoms with Crippen LogP contribution in [0.4, 0.5) is 0 Å². The molecule has 0 fully saturated rings. The lowest BCUT2D eigenvalue weighted by Crippen LogP contribution is -2.18. The number of methoxy groups -OCH3 is 1. The number of hydrogen-bond acceptors (Lipinski definition) is 4. The average molecular weight is 427 g/mol. The lowest BCUT2D eigenvalue weighted by Gasteiger charge is -2.12. The molecule has 0 aliphatic heterocycles. The van der Waals surface area contributed by atoms with Crippen LogP contribution in [0.15, 0.2) is 21.1 Å². The van der Waals surface area contributed by atoms with Crippen LogP contribution < -0.4 is 10.1 Å². The normalized spacial score (nSPS) is 10.8. The van der Waals surface area contributed by atoms with E-state index in [1.807, 2.05) is 11.8 Å². The average Bonchev–Trinajstić information content (AvgIpc) is 2.42. The molecular weight excluding hydrogens is 406 g/mol. The highest BCUT2D eigenvalue weighted by atomic mass is 79.9. The van der Waals surface area contributed by atoms with Gasteiger partial charge >= 0.3 is 0 Å². The van der Waals surface area contributed by atoms with Crippen LogP contribution in [-0.4, -0.2) is 38.4 Å². The predicted octanol–water partition coefficient (Wildman–Crippen LogP) is 4.08. The Labute approximate surface area is 142 Å². The predicted molar refractivity (Wildman–Crippen MR) is 93.9 cm³/mol. The van der Waals surface area contributed by atoms with Crippen LogP contribution in [0.1, 0.15) is 12.5 Å². The van der Waals surface area contributed by atoms with Crippen LogP contribution in [0, 0.1) is 0 Å². The minimum absolute atomic E-state index is 0.721. The zero-order valence-electron chi connectivity index (χ0n) is 11.9. The van der Waals surface area contributed by atoms with Gasteiger partial charge in [-0.15, -0.1) is 0 Å². The first-order valence-corrected chi connectivity index (χ1v) is 9.31. The number of hydrogen-bond donors (Lipinski definition) is 1. The van der Waals surface area contributed by atoms with E-state index in [2.05, 4.69) is 56.2 Å². The Morgan fingerprint density at radius 1 is 1.20 bits per heavy atom. The van der Waals surface area contributed by atoms with E-state index in [0.29, 0.717) is 0 Å². The molecule has 0 bridgehead atoms. The van der Waals surface area contributed by atoms with Gasteiger partial charge in [0.15, 0.2) is 0 Å². The lowest BCUT2D eigenvalue weighted by molar-refractivity contribution is 0.199. The molecule has 0 spiro atoms. The third-order valence-electron chi connectivity index (χ3n) is 2.55. The highest BCUT2D eigenvalue weighted by molar-refractivity contribution is 9.11. The van der Waals surface area contributed by atoms with Crippen LogP contribution >= 0.6 is 43.6 Å². The van der Waals surface area contributed by atoms with Crippen molar-refractivity contribution in [3.05, 3.63) is 26.6 Å². The molecule has 0 amide bonds. The fraction of sp³-hybridized carbons (Fsp3) is 0.571. The molecule has 0 aliphatic rings. The first kappa shape index (κ1) is 18.3. The van der Waals surface area contributed by atoms with Gasteiger partial charge in [-0.3, -0.25) is 0 Å². The molecule has 1 aromatic carbocycles. The molecule has 3 nitrogen and oxygen atoms in total. The topological polar surface area (TPSA) is 30.5 Å². The molecular formula is C14H21Br2NO2S. The van der Waals surface area contributed by atoms with Gasteiger partial charge in [-0.25, -0.2) is 0 Å². The van der Waals surface area contributed by atoms with Gasteiger partial charge in [-0.05, 0) is 55.3 Å². The van der Waals surface area contributed by atoms with Crippen molar-refractivity contribution in [2.45, 2.75) is 13.5 Å². The molecule has 114 valence electrons. The van der Waals surface area contributed by atoms with E-state index in [4.69, 9.17) is 9.47 Å². The monoisotopic (exact) mass is 425 g/mol. The highest BCUT2D eigenvalue weighted by Crippen LogP contribution is 2.34. The fourth-order valence-corrected chi connectivity index (χ4v) is 3.61. The number of nitrogens with one attached hydrogen (secondary N) is 1. The minimum Gasteiger partial charge on any atom is -0.490 e. The Kier molecular flexibility index (Phi) is 9.98. The first-order valence-electron chi connectivity index (χ1n) is 6.57. The number of halogens is 2. The summed E-state index contributed by atoms with van der Waals surface area (Å²) < 4.78 is 12.8. The van der Waals surface area contributed by atoms with Crippen LogP contribution in [0.3, 0.4) is 0 Å². The van der Waals surface area contributed by atoms with E-state index < -0.39 is 0 Å². The van der Waals surface area contributed by atoms with Crippen molar-refractivity contribution in [3.8, 4) is 5.75 Å². The van der Waals surface area contributed by atoms with Crippen molar-refractivity contribution in [1.29, 1.82) is 0 Å².